The molecule has 1 fully saturated rings. The van der Waals surface area contributed by atoms with Crippen molar-refractivity contribution in [2.24, 2.45) is 5.92 Å². The van der Waals surface area contributed by atoms with Crippen LogP contribution in [0.2, 0.25) is 0 Å². The highest BCUT2D eigenvalue weighted by Gasteiger charge is 2.44. The van der Waals surface area contributed by atoms with Crippen LogP contribution in [0.3, 0.4) is 0 Å². The number of alkyl halides is 3. The van der Waals surface area contributed by atoms with E-state index in [0.717, 1.165) is 16.6 Å². The van der Waals surface area contributed by atoms with Crippen molar-refractivity contribution in [1.29, 1.82) is 0 Å². The van der Waals surface area contributed by atoms with Gasteiger partial charge < -0.3 is 0 Å². The lowest BCUT2D eigenvalue weighted by Crippen LogP contribution is -2.42. The van der Waals surface area contributed by atoms with E-state index >= 15 is 0 Å². The van der Waals surface area contributed by atoms with Crippen molar-refractivity contribution >= 4 is 27.7 Å². The summed E-state index contributed by atoms with van der Waals surface area (Å²) in [4.78, 5) is 24.0. The molecule has 0 spiro atoms. The third-order valence-electron chi connectivity index (χ3n) is 4.20. The molecule has 0 aromatic heterocycles. The van der Waals surface area contributed by atoms with Gasteiger partial charge in [0.2, 0.25) is 5.91 Å². The second-order valence-electron chi connectivity index (χ2n) is 6.02. The predicted octanol–water partition coefficient (Wildman–Crippen LogP) is 4.03. The SMILES string of the molecule is O=C(NNC(=O)C1CC1c1ccc(C(F)(F)F)cc1)c1ccc(Br)cc1. The van der Waals surface area contributed by atoms with Gasteiger partial charge in [-0.3, -0.25) is 20.4 Å². The molecule has 2 amide bonds. The van der Waals surface area contributed by atoms with Crippen LogP contribution in [-0.2, 0) is 11.0 Å². The van der Waals surface area contributed by atoms with Crippen molar-refractivity contribution < 1.29 is 22.8 Å². The summed E-state index contributed by atoms with van der Waals surface area (Å²) in [6.45, 7) is 0. The predicted molar refractivity (Wildman–Crippen MR) is 92.0 cm³/mol. The molecule has 2 aromatic carbocycles. The second kappa shape index (κ2) is 7.11. The molecule has 3 rings (SSSR count). The van der Waals surface area contributed by atoms with Crippen molar-refractivity contribution in [3.8, 4) is 0 Å². The standard InChI is InChI=1S/C18H14BrF3N2O2/c19-13-7-3-11(4-8-13)16(25)23-24-17(26)15-9-14(15)10-1-5-12(6-2-10)18(20,21)22/h1-8,14-15H,9H2,(H,23,25)(H,24,26). The van der Waals surface area contributed by atoms with E-state index in [4.69, 9.17) is 0 Å². The highest BCUT2D eigenvalue weighted by molar-refractivity contribution is 9.10. The summed E-state index contributed by atoms with van der Waals surface area (Å²) in [6.07, 6.45) is -3.85. The van der Waals surface area contributed by atoms with E-state index in [0.29, 0.717) is 17.5 Å². The Hall–Kier alpha value is -2.35. The molecule has 26 heavy (non-hydrogen) atoms. The summed E-state index contributed by atoms with van der Waals surface area (Å²) in [5, 5.41) is 0. The van der Waals surface area contributed by atoms with Crippen LogP contribution in [-0.4, -0.2) is 11.8 Å². The Morgan fingerprint density at radius 1 is 0.962 bits per heavy atom. The van der Waals surface area contributed by atoms with E-state index in [9.17, 15) is 22.8 Å². The Kier molecular flexibility index (Phi) is 5.04. The normalized spacial score (nSPS) is 18.9. The molecule has 2 aromatic rings. The van der Waals surface area contributed by atoms with E-state index in [1.54, 1.807) is 24.3 Å². The van der Waals surface area contributed by atoms with E-state index < -0.39 is 17.6 Å². The van der Waals surface area contributed by atoms with E-state index in [-0.39, 0.29) is 17.7 Å². The molecule has 0 radical (unpaired) electrons. The Bertz CT molecular complexity index is 820. The minimum Gasteiger partial charge on any atom is -0.273 e. The van der Waals surface area contributed by atoms with Gasteiger partial charge in [-0.1, -0.05) is 28.1 Å². The average molecular weight is 427 g/mol. The fraction of sp³-hybridized carbons (Fsp3) is 0.222. The summed E-state index contributed by atoms with van der Waals surface area (Å²) in [7, 11) is 0. The Morgan fingerprint density at radius 3 is 2.15 bits per heavy atom. The van der Waals surface area contributed by atoms with Gasteiger partial charge in [-0.05, 0) is 54.3 Å². The molecule has 1 saturated carbocycles. The molecule has 1 aliphatic carbocycles. The number of carbonyl (C=O) groups excluding carboxylic acids is 2. The fourth-order valence-electron chi connectivity index (χ4n) is 2.66. The van der Waals surface area contributed by atoms with Gasteiger partial charge in [0.05, 0.1) is 5.56 Å². The number of hydrazine groups is 1. The molecule has 4 nitrogen and oxygen atoms in total. The molecule has 2 unspecified atom stereocenters. The molecule has 0 bridgehead atoms. The zero-order valence-corrected chi connectivity index (χ0v) is 14.9. The number of hydrogen-bond acceptors (Lipinski definition) is 2. The molecule has 2 atom stereocenters. The number of carbonyl (C=O) groups is 2. The van der Waals surface area contributed by atoms with Gasteiger partial charge in [0.15, 0.2) is 0 Å². The maximum Gasteiger partial charge on any atom is 0.416 e. The first kappa shape index (κ1) is 18.4. The van der Waals surface area contributed by atoms with Crippen LogP contribution in [0.15, 0.2) is 53.0 Å². The monoisotopic (exact) mass is 426 g/mol. The first-order valence-electron chi connectivity index (χ1n) is 7.78. The first-order valence-corrected chi connectivity index (χ1v) is 8.58. The quantitative estimate of drug-likeness (QED) is 0.727. The Labute approximate surface area is 155 Å². The molecular formula is C18H14BrF3N2O2. The maximum absolute atomic E-state index is 12.6. The second-order valence-corrected chi connectivity index (χ2v) is 6.93. The van der Waals surface area contributed by atoms with Crippen LogP contribution in [0.5, 0.6) is 0 Å². The molecule has 2 N–H and O–H groups in total. The lowest BCUT2D eigenvalue weighted by Gasteiger charge is -2.09. The zero-order chi connectivity index (χ0) is 18.9. The smallest absolute Gasteiger partial charge is 0.273 e. The number of nitrogens with one attached hydrogen (secondary N) is 2. The van der Waals surface area contributed by atoms with E-state index in [1.807, 2.05) is 0 Å². The summed E-state index contributed by atoms with van der Waals surface area (Å²) in [5.74, 6) is -1.31. The highest BCUT2D eigenvalue weighted by atomic mass is 79.9. The van der Waals surface area contributed by atoms with Gasteiger partial charge >= 0.3 is 6.18 Å². The Morgan fingerprint density at radius 2 is 1.58 bits per heavy atom. The first-order chi connectivity index (χ1) is 12.3. The summed E-state index contributed by atoms with van der Waals surface area (Å²) < 4.78 is 38.5. The largest absolute Gasteiger partial charge is 0.416 e. The van der Waals surface area contributed by atoms with Crippen LogP contribution in [0.1, 0.15) is 33.8 Å². The van der Waals surface area contributed by atoms with E-state index in [2.05, 4.69) is 26.8 Å². The Balaban J connectivity index is 1.52. The molecule has 8 heteroatoms. The van der Waals surface area contributed by atoms with Crippen molar-refractivity contribution in [3.05, 3.63) is 69.7 Å². The van der Waals surface area contributed by atoms with Crippen LogP contribution >= 0.6 is 15.9 Å². The van der Waals surface area contributed by atoms with Crippen molar-refractivity contribution in [2.45, 2.75) is 18.5 Å². The van der Waals surface area contributed by atoms with Gasteiger partial charge in [0.25, 0.3) is 5.91 Å². The van der Waals surface area contributed by atoms with Crippen LogP contribution < -0.4 is 10.9 Å². The van der Waals surface area contributed by atoms with Crippen LogP contribution in [0.4, 0.5) is 13.2 Å². The molecule has 136 valence electrons. The highest BCUT2D eigenvalue weighted by Crippen LogP contribution is 2.47. The minimum absolute atomic E-state index is 0.137. The van der Waals surface area contributed by atoms with Gasteiger partial charge in [0.1, 0.15) is 0 Å². The van der Waals surface area contributed by atoms with Crippen molar-refractivity contribution in [1.82, 2.24) is 10.9 Å². The minimum atomic E-state index is -4.38. The molecule has 1 aliphatic rings. The van der Waals surface area contributed by atoms with Crippen molar-refractivity contribution in [3.63, 3.8) is 0 Å². The topological polar surface area (TPSA) is 58.2 Å². The number of amides is 2. The van der Waals surface area contributed by atoms with Gasteiger partial charge in [-0.25, -0.2) is 0 Å². The number of hydrogen-bond donors (Lipinski definition) is 2. The van der Waals surface area contributed by atoms with Crippen LogP contribution in [0.25, 0.3) is 0 Å². The average Bonchev–Trinajstić information content (AvgIpc) is 3.40. The summed E-state index contributed by atoms with van der Waals surface area (Å²) in [5.41, 5.74) is 5.05. The van der Waals surface area contributed by atoms with Crippen molar-refractivity contribution in [2.75, 3.05) is 0 Å². The lowest BCUT2D eigenvalue weighted by atomic mass is 10.1. The third kappa shape index (κ3) is 4.24. The van der Waals surface area contributed by atoms with Gasteiger partial charge in [-0.15, -0.1) is 0 Å². The summed E-state index contributed by atoms with van der Waals surface area (Å²) in [6, 6.07) is 11.4. The molecule has 0 heterocycles. The number of benzene rings is 2. The molecule has 0 aliphatic heterocycles. The maximum atomic E-state index is 12.6. The van der Waals surface area contributed by atoms with Gasteiger partial charge in [0, 0.05) is 16.0 Å². The molecular weight excluding hydrogens is 413 g/mol. The lowest BCUT2D eigenvalue weighted by molar-refractivity contribution is -0.137. The summed E-state index contributed by atoms with van der Waals surface area (Å²) >= 11 is 3.26. The third-order valence-corrected chi connectivity index (χ3v) is 4.73. The number of rotatable bonds is 3. The van der Waals surface area contributed by atoms with E-state index in [1.165, 1.54) is 12.1 Å². The fourth-order valence-corrected chi connectivity index (χ4v) is 2.92. The van der Waals surface area contributed by atoms with Crippen LogP contribution in [0, 0.1) is 5.92 Å². The number of halogens is 4. The zero-order valence-electron chi connectivity index (χ0n) is 13.3. The van der Waals surface area contributed by atoms with Gasteiger partial charge in [-0.2, -0.15) is 13.2 Å². The molecule has 0 saturated heterocycles.